The van der Waals surface area contributed by atoms with Gasteiger partial charge in [-0.1, -0.05) is 13.2 Å². The summed E-state index contributed by atoms with van der Waals surface area (Å²) in [5.41, 5.74) is -0.124. The number of hydrogen-bond acceptors (Lipinski definition) is 4. The lowest BCUT2D eigenvalue weighted by molar-refractivity contribution is -0.133. The Morgan fingerprint density at radius 2 is 1.15 bits per heavy atom. The molecule has 0 heterocycles. The van der Waals surface area contributed by atoms with Crippen LogP contribution < -0.4 is 0 Å². The lowest BCUT2D eigenvalue weighted by Gasteiger charge is -2.13. The summed E-state index contributed by atoms with van der Waals surface area (Å²) >= 11 is 0. The molecule has 1 rings (SSSR count). The van der Waals surface area contributed by atoms with E-state index in [1.165, 1.54) is 12.1 Å². The van der Waals surface area contributed by atoms with Crippen molar-refractivity contribution in [2.45, 2.75) is 12.8 Å². The van der Waals surface area contributed by atoms with Gasteiger partial charge in [-0.3, -0.25) is 0 Å². The van der Waals surface area contributed by atoms with Gasteiger partial charge in [-0.15, -0.1) is 0 Å². The van der Waals surface area contributed by atoms with Crippen LogP contribution in [-0.2, 0) is 22.4 Å². The van der Waals surface area contributed by atoms with Gasteiger partial charge < -0.3 is 20.4 Å². The van der Waals surface area contributed by atoms with Gasteiger partial charge in [-0.2, -0.15) is 0 Å². The van der Waals surface area contributed by atoms with Gasteiger partial charge in [0, 0.05) is 35.1 Å². The number of rotatable bonds is 6. The third-order valence-corrected chi connectivity index (χ3v) is 2.77. The Bertz CT molecular complexity index is 547. The molecule has 0 aliphatic heterocycles. The number of benzene rings is 1. The summed E-state index contributed by atoms with van der Waals surface area (Å²) in [7, 11) is 0. The SMILES string of the molecule is C=C(Cc1c(O)ccc(O)c1CC(=C)C(=O)O)C(=O)O. The topological polar surface area (TPSA) is 115 Å². The number of hydrogen-bond donors (Lipinski definition) is 4. The van der Waals surface area contributed by atoms with Gasteiger partial charge in [-0.25, -0.2) is 9.59 Å². The van der Waals surface area contributed by atoms with Crippen molar-refractivity contribution in [1.29, 1.82) is 0 Å². The van der Waals surface area contributed by atoms with E-state index < -0.39 is 11.9 Å². The van der Waals surface area contributed by atoms with Crippen molar-refractivity contribution in [3.05, 3.63) is 47.6 Å². The largest absolute Gasteiger partial charge is 0.508 e. The molecule has 0 amide bonds. The molecule has 0 fully saturated rings. The molecule has 4 N–H and O–H groups in total. The average Bonchev–Trinajstić information content (AvgIpc) is 2.37. The molecule has 0 saturated carbocycles. The van der Waals surface area contributed by atoms with Crippen molar-refractivity contribution < 1.29 is 30.0 Å². The molecule has 20 heavy (non-hydrogen) atoms. The third kappa shape index (κ3) is 3.38. The second kappa shape index (κ2) is 5.92. The van der Waals surface area contributed by atoms with Gasteiger partial charge in [0.15, 0.2) is 0 Å². The Kier molecular flexibility index (Phi) is 4.53. The highest BCUT2D eigenvalue weighted by atomic mass is 16.4. The van der Waals surface area contributed by atoms with Crippen LogP contribution in [0.15, 0.2) is 36.4 Å². The van der Waals surface area contributed by atoms with Crippen LogP contribution in [0.5, 0.6) is 11.5 Å². The van der Waals surface area contributed by atoms with Crippen LogP contribution in [0.4, 0.5) is 0 Å². The van der Waals surface area contributed by atoms with E-state index in [2.05, 4.69) is 13.2 Å². The zero-order valence-corrected chi connectivity index (χ0v) is 10.6. The van der Waals surface area contributed by atoms with Crippen LogP contribution in [0, 0.1) is 0 Å². The molecule has 0 aliphatic carbocycles. The molecular weight excluding hydrogens is 264 g/mol. The summed E-state index contributed by atoms with van der Waals surface area (Å²) in [6.45, 7) is 6.69. The smallest absolute Gasteiger partial charge is 0.331 e. The molecule has 6 nitrogen and oxygen atoms in total. The zero-order chi connectivity index (χ0) is 15.4. The number of aromatic hydroxyl groups is 2. The minimum atomic E-state index is -1.24. The first-order valence-corrected chi connectivity index (χ1v) is 5.58. The lowest BCUT2D eigenvalue weighted by Crippen LogP contribution is -2.08. The summed E-state index contributed by atoms with van der Waals surface area (Å²) in [5.74, 6) is -2.96. The Hall–Kier alpha value is -2.76. The Morgan fingerprint density at radius 3 is 1.40 bits per heavy atom. The van der Waals surface area contributed by atoms with E-state index in [1.807, 2.05) is 0 Å². The predicted octanol–water partition coefficient (Wildman–Crippen LogP) is 1.46. The maximum absolute atomic E-state index is 10.8. The summed E-state index contributed by atoms with van der Waals surface area (Å²) in [5, 5.41) is 37.2. The van der Waals surface area contributed by atoms with E-state index in [-0.39, 0.29) is 46.6 Å². The molecule has 0 aliphatic rings. The number of carboxylic acids is 2. The maximum atomic E-state index is 10.8. The quantitative estimate of drug-likeness (QED) is 0.462. The van der Waals surface area contributed by atoms with Crippen molar-refractivity contribution in [3.63, 3.8) is 0 Å². The van der Waals surface area contributed by atoms with E-state index in [0.717, 1.165) is 0 Å². The molecule has 1 aromatic rings. The lowest BCUT2D eigenvalue weighted by atomic mass is 9.94. The molecule has 0 spiro atoms. The molecular formula is C14H14O6. The van der Waals surface area contributed by atoms with E-state index in [1.54, 1.807) is 0 Å². The van der Waals surface area contributed by atoms with E-state index >= 15 is 0 Å². The number of carboxylic acid groups (broad SMARTS) is 2. The van der Waals surface area contributed by atoms with Crippen LogP contribution in [0.1, 0.15) is 11.1 Å². The predicted molar refractivity (Wildman–Crippen MR) is 70.7 cm³/mol. The monoisotopic (exact) mass is 278 g/mol. The molecule has 0 aromatic heterocycles. The first kappa shape index (κ1) is 15.3. The molecule has 0 saturated heterocycles. The van der Waals surface area contributed by atoms with E-state index in [4.69, 9.17) is 10.2 Å². The van der Waals surface area contributed by atoms with Crippen molar-refractivity contribution in [2.24, 2.45) is 0 Å². The van der Waals surface area contributed by atoms with Gasteiger partial charge in [0.2, 0.25) is 0 Å². The number of phenolic OH excluding ortho intramolecular Hbond substituents is 2. The minimum absolute atomic E-state index is 0.125. The Labute approximate surface area is 114 Å². The van der Waals surface area contributed by atoms with Crippen LogP contribution >= 0.6 is 0 Å². The maximum Gasteiger partial charge on any atom is 0.331 e. The second-order valence-corrected chi connectivity index (χ2v) is 4.23. The van der Waals surface area contributed by atoms with E-state index in [0.29, 0.717) is 0 Å². The number of aliphatic carboxylic acids is 2. The molecule has 1 aromatic carbocycles. The minimum Gasteiger partial charge on any atom is -0.508 e. The highest BCUT2D eigenvalue weighted by Gasteiger charge is 2.18. The fourth-order valence-electron chi connectivity index (χ4n) is 1.64. The molecule has 0 bridgehead atoms. The van der Waals surface area contributed by atoms with Gasteiger partial charge in [0.05, 0.1) is 0 Å². The van der Waals surface area contributed by atoms with Gasteiger partial charge >= 0.3 is 11.9 Å². The molecule has 6 heteroatoms. The van der Waals surface area contributed by atoms with Crippen molar-refractivity contribution in [2.75, 3.05) is 0 Å². The number of phenols is 2. The summed E-state index contributed by atoms with van der Waals surface area (Å²) in [6.07, 6.45) is -0.421. The molecule has 0 unspecified atom stereocenters. The molecule has 0 atom stereocenters. The average molecular weight is 278 g/mol. The highest BCUT2D eigenvalue weighted by Crippen LogP contribution is 2.32. The Morgan fingerprint density at radius 1 is 0.850 bits per heavy atom. The van der Waals surface area contributed by atoms with E-state index in [9.17, 15) is 19.8 Å². The van der Waals surface area contributed by atoms with Crippen molar-refractivity contribution in [1.82, 2.24) is 0 Å². The van der Waals surface area contributed by atoms with Crippen LogP contribution in [0.2, 0.25) is 0 Å². The Balaban J connectivity index is 3.24. The summed E-state index contributed by atoms with van der Waals surface area (Å²) in [4.78, 5) is 21.6. The van der Waals surface area contributed by atoms with Crippen molar-refractivity contribution >= 4 is 11.9 Å². The fourth-order valence-corrected chi connectivity index (χ4v) is 1.64. The second-order valence-electron chi connectivity index (χ2n) is 4.23. The molecule has 0 radical (unpaired) electrons. The summed E-state index contributed by atoms with van der Waals surface area (Å²) < 4.78 is 0. The first-order valence-electron chi connectivity index (χ1n) is 5.58. The van der Waals surface area contributed by atoms with Gasteiger partial charge in [-0.05, 0) is 12.1 Å². The zero-order valence-electron chi connectivity index (χ0n) is 10.6. The highest BCUT2D eigenvalue weighted by molar-refractivity contribution is 5.87. The van der Waals surface area contributed by atoms with Crippen LogP contribution in [0.25, 0.3) is 0 Å². The van der Waals surface area contributed by atoms with Crippen LogP contribution in [-0.4, -0.2) is 32.4 Å². The van der Waals surface area contributed by atoms with Crippen molar-refractivity contribution in [3.8, 4) is 11.5 Å². The number of carbonyl (C=O) groups is 2. The first-order chi connectivity index (χ1) is 9.23. The van der Waals surface area contributed by atoms with Gasteiger partial charge in [0.1, 0.15) is 11.5 Å². The van der Waals surface area contributed by atoms with Gasteiger partial charge in [0.25, 0.3) is 0 Å². The third-order valence-electron chi connectivity index (χ3n) is 2.77. The molecule has 106 valence electrons. The summed E-state index contributed by atoms with van der Waals surface area (Å²) in [6, 6.07) is 2.40. The fraction of sp³-hybridized carbons (Fsp3) is 0.143. The standard InChI is InChI=1S/C14H14O6/c1-7(13(17)18)5-9-10(6-8(2)14(19)20)12(16)4-3-11(9)15/h3-4,15-16H,1-2,5-6H2,(H,17,18)(H,19,20). The van der Waals surface area contributed by atoms with Crippen LogP contribution in [0.3, 0.4) is 0 Å². The normalized spacial score (nSPS) is 10.0.